The molecule has 112 valence electrons. The number of rotatable bonds is 7. The quantitative estimate of drug-likeness (QED) is 0.818. The Labute approximate surface area is 126 Å². The topological polar surface area (TPSA) is 62.7 Å². The molecule has 0 aliphatic heterocycles. The Bertz CT molecular complexity index is 554. The van der Waals surface area contributed by atoms with Crippen LogP contribution in [0.15, 0.2) is 30.7 Å². The van der Waals surface area contributed by atoms with Crippen molar-refractivity contribution in [2.45, 2.75) is 33.1 Å². The molecule has 0 spiro atoms. The summed E-state index contributed by atoms with van der Waals surface area (Å²) in [5.74, 6) is 2.19. The van der Waals surface area contributed by atoms with Crippen molar-refractivity contribution in [1.82, 2.24) is 15.0 Å². The Kier molecular flexibility index (Phi) is 5.49. The lowest BCUT2D eigenvalue weighted by Gasteiger charge is -2.17. The Morgan fingerprint density at radius 2 is 1.81 bits per heavy atom. The number of nitrogens with zero attached hydrogens (tertiary/aromatic N) is 3. The van der Waals surface area contributed by atoms with Gasteiger partial charge in [0.2, 0.25) is 0 Å². The Morgan fingerprint density at radius 3 is 2.43 bits per heavy atom. The first-order valence-corrected chi connectivity index (χ1v) is 7.45. The fourth-order valence-corrected chi connectivity index (χ4v) is 2.25. The number of pyridine rings is 1. The van der Waals surface area contributed by atoms with E-state index in [2.05, 4.69) is 46.4 Å². The van der Waals surface area contributed by atoms with Crippen LogP contribution in [-0.2, 0) is 6.42 Å². The van der Waals surface area contributed by atoms with E-state index in [1.807, 2.05) is 24.4 Å². The summed E-state index contributed by atoms with van der Waals surface area (Å²) in [4.78, 5) is 13.1. The largest absolute Gasteiger partial charge is 0.370 e. The molecular weight excluding hydrogens is 262 g/mol. The van der Waals surface area contributed by atoms with Crippen LogP contribution in [-0.4, -0.2) is 28.0 Å². The van der Waals surface area contributed by atoms with Crippen molar-refractivity contribution < 1.29 is 0 Å². The van der Waals surface area contributed by atoms with Crippen molar-refractivity contribution in [3.8, 4) is 0 Å². The first-order valence-electron chi connectivity index (χ1n) is 7.45. The molecule has 0 unspecified atom stereocenters. The highest BCUT2D eigenvalue weighted by atomic mass is 15.1. The average Bonchev–Trinajstić information content (AvgIpc) is 2.48. The lowest BCUT2D eigenvalue weighted by molar-refractivity contribution is 0.841. The van der Waals surface area contributed by atoms with Gasteiger partial charge >= 0.3 is 0 Å². The summed E-state index contributed by atoms with van der Waals surface area (Å²) in [7, 11) is 0. The summed E-state index contributed by atoms with van der Waals surface area (Å²) in [5.41, 5.74) is 2.22. The third-order valence-electron chi connectivity index (χ3n) is 3.21. The summed E-state index contributed by atoms with van der Waals surface area (Å²) in [6.07, 6.45) is 4.30. The molecule has 0 aliphatic rings. The van der Waals surface area contributed by atoms with Gasteiger partial charge in [0, 0.05) is 37.0 Å². The molecule has 0 fully saturated rings. The van der Waals surface area contributed by atoms with Crippen LogP contribution in [0.1, 0.15) is 37.9 Å². The molecule has 2 rings (SSSR count). The minimum absolute atomic E-state index is 0.359. The van der Waals surface area contributed by atoms with Crippen molar-refractivity contribution >= 4 is 11.6 Å². The maximum absolute atomic E-state index is 4.39. The van der Waals surface area contributed by atoms with E-state index in [1.54, 1.807) is 6.33 Å². The first-order chi connectivity index (χ1) is 10.2. The Hall–Kier alpha value is -2.17. The van der Waals surface area contributed by atoms with Crippen molar-refractivity contribution in [2.75, 3.05) is 23.7 Å². The molecule has 0 atom stereocenters. The minimum atomic E-state index is 0.359. The van der Waals surface area contributed by atoms with E-state index >= 15 is 0 Å². The smallest absolute Gasteiger partial charge is 0.134 e. The molecule has 0 saturated carbocycles. The van der Waals surface area contributed by atoms with Crippen molar-refractivity contribution in [3.05, 3.63) is 42.0 Å². The van der Waals surface area contributed by atoms with Crippen LogP contribution in [0.2, 0.25) is 0 Å². The fraction of sp³-hybridized carbons (Fsp3) is 0.438. The van der Waals surface area contributed by atoms with Gasteiger partial charge in [0.1, 0.15) is 18.0 Å². The molecule has 2 N–H and O–H groups in total. The zero-order valence-corrected chi connectivity index (χ0v) is 12.9. The van der Waals surface area contributed by atoms with E-state index in [-0.39, 0.29) is 0 Å². The molecule has 0 saturated heterocycles. The van der Waals surface area contributed by atoms with E-state index < -0.39 is 0 Å². The normalized spacial score (nSPS) is 10.7. The van der Waals surface area contributed by atoms with Gasteiger partial charge in [-0.25, -0.2) is 9.97 Å². The Balaban J connectivity index is 2.07. The van der Waals surface area contributed by atoms with Crippen LogP contribution < -0.4 is 10.6 Å². The van der Waals surface area contributed by atoms with Crippen LogP contribution >= 0.6 is 0 Å². The monoisotopic (exact) mass is 285 g/mol. The highest BCUT2D eigenvalue weighted by Crippen LogP contribution is 2.28. The highest BCUT2D eigenvalue weighted by Gasteiger charge is 2.14. The highest BCUT2D eigenvalue weighted by molar-refractivity contribution is 5.58. The van der Waals surface area contributed by atoms with Gasteiger partial charge in [0.05, 0.1) is 0 Å². The van der Waals surface area contributed by atoms with Crippen molar-refractivity contribution in [1.29, 1.82) is 0 Å². The number of hydrogen-bond acceptors (Lipinski definition) is 5. The maximum Gasteiger partial charge on any atom is 0.134 e. The molecule has 0 bridgehead atoms. The molecule has 21 heavy (non-hydrogen) atoms. The van der Waals surface area contributed by atoms with Gasteiger partial charge in [-0.2, -0.15) is 0 Å². The van der Waals surface area contributed by atoms with Gasteiger partial charge < -0.3 is 10.6 Å². The van der Waals surface area contributed by atoms with Gasteiger partial charge in [-0.05, 0) is 25.0 Å². The van der Waals surface area contributed by atoms with E-state index in [1.165, 1.54) is 0 Å². The minimum Gasteiger partial charge on any atom is -0.370 e. The zero-order valence-electron chi connectivity index (χ0n) is 12.9. The van der Waals surface area contributed by atoms with E-state index in [9.17, 15) is 0 Å². The van der Waals surface area contributed by atoms with E-state index in [4.69, 9.17) is 0 Å². The number of aromatic nitrogens is 3. The van der Waals surface area contributed by atoms with Crippen molar-refractivity contribution in [3.63, 3.8) is 0 Å². The van der Waals surface area contributed by atoms with Gasteiger partial charge in [-0.3, -0.25) is 4.98 Å². The van der Waals surface area contributed by atoms with E-state index in [0.29, 0.717) is 5.92 Å². The summed E-state index contributed by atoms with van der Waals surface area (Å²) in [6.45, 7) is 8.04. The molecule has 0 aromatic carbocycles. The lowest BCUT2D eigenvalue weighted by atomic mass is 10.0. The van der Waals surface area contributed by atoms with Crippen LogP contribution in [0.5, 0.6) is 0 Å². The zero-order chi connectivity index (χ0) is 15.1. The van der Waals surface area contributed by atoms with Gasteiger partial charge in [-0.15, -0.1) is 0 Å². The van der Waals surface area contributed by atoms with Crippen LogP contribution in [0, 0.1) is 0 Å². The van der Waals surface area contributed by atoms with Crippen LogP contribution in [0.4, 0.5) is 11.6 Å². The van der Waals surface area contributed by atoms with Crippen LogP contribution in [0.25, 0.3) is 0 Å². The molecule has 5 heteroatoms. The molecular formula is C16H23N5. The molecule has 5 nitrogen and oxygen atoms in total. The summed E-state index contributed by atoms with van der Waals surface area (Å²) in [5, 5.41) is 6.71. The third kappa shape index (κ3) is 4.15. The number of nitrogens with one attached hydrogen (secondary N) is 2. The van der Waals surface area contributed by atoms with Gasteiger partial charge in [0.25, 0.3) is 0 Å². The molecule has 2 aromatic rings. The van der Waals surface area contributed by atoms with Gasteiger partial charge in [-0.1, -0.05) is 19.9 Å². The molecule has 2 aromatic heterocycles. The fourth-order valence-electron chi connectivity index (χ4n) is 2.25. The van der Waals surface area contributed by atoms with Gasteiger partial charge in [0.15, 0.2) is 0 Å². The summed E-state index contributed by atoms with van der Waals surface area (Å²) in [6, 6.07) is 5.98. The first kappa shape index (κ1) is 15.2. The average molecular weight is 285 g/mol. The summed E-state index contributed by atoms with van der Waals surface area (Å²) < 4.78 is 0. The van der Waals surface area contributed by atoms with E-state index in [0.717, 1.165) is 42.4 Å². The molecule has 0 amide bonds. The second-order valence-electron chi connectivity index (χ2n) is 5.17. The predicted molar refractivity (Wildman–Crippen MR) is 86.7 cm³/mol. The molecule has 2 heterocycles. The SMILES string of the molecule is CCNc1ncnc(NCCc2ccccn2)c1C(C)C. The lowest BCUT2D eigenvalue weighted by Crippen LogP contribution is -2.13. The van der Waals surface area contributed by atoms with Crippen LogP contribution in [0.3, 0.4) is 0 Å². The Morgan fingerprint density at radius 1 is 1.05 bits per heavy atom. The standard InChI is InChI=1S/C16H23N5/c1-4-17-15-14(12(2)3)16(21-11-20-15)19-10-8-13-7-5-6-9-18-13/h5-7,9,11-12H,4,8,10H2,1-3H3,(H2,17,19,20,21). The molecule has 0 aliphatic carbocycles. The maximum atomic E-state index is 4.39. The molecule has 0 radical (unpaired) electrons. The number of hydrogen-bond donors (Lipinski definition) is 2. The van der Waals surface area contributed by atoms with Crippen molar-refractivity contribution in [2.24, 2.45) is 0 Å². The number of anilines is 2. The second-order valence-corrected chi connectivity index (χ2v) is 5.17. The summed E-state index contributed by atoms with van der Waals surface area (Å²) >= 11 is 0. The second kappa shape index (κ2) is 7.57. The third-order valence-corrected chi connectivity index (χ3v) is 3.21. The predicted octanol–water partition coefficient (Wildman–Crippen LogP) is 3.08.